The number of nitrogens with zero attached hydrogens (tertiary/aromatic N) is 4. The summed E-state index contributed by atoms with van der Waals surface area (Å²) in [6, 6.07) is 6.82. The zero-order chi connectivity index (χ0) is 15.9. The lowest BCUT2D eigenvalue weighted by Gasteiger charge is -2.02. The minimum absolute atomic E-state index is 0.0000888. The Hall–Kier alpha value is -3.60. The fraction of sp³-hybridized carbons (Fsp3) is 0. The third-order valence-electron chi connectivity index (χ3n) is 3.22. The first-order valence-electron chi connectivity index (χ1n) is 6.23. The molecule has 0 aliphatic heterocycles. The van der Waals surface area contributed by atoms with Gasteiger partial charge in [0.15, 0.2) is 5.69 Å². The smallest absolute Gasteiger partial charge is 0.253 e. The molecule has 0 bridgehead atoms. The average Bonchev–Trinajstić information content (AvgIpc) is 2.82. The Labute approximate surface area is 125 Å². The number of nitrogens with two attached hydrogens (primary N) is 3. The number of amides is 1. The molecule has 108 valence electrons. The van der Waals surface area contributed by atoms with Gasteiger partial charge < -0.3 is 17.2 Å². The first-order valence-corrected chi connectivity index (χ1v) is 6.23. The van der Waals surface area contributed by atoms with Crippen LogP contribution >= 0.6 is 0 Å². The number of carbonyl (C=O) groups excluding carboxylic acids is 1. The fourth-order valence-corrected chi connectivity index (χ4v) is 2.10. The van der Waals surface area contributed by atoms with Gasteiger partial charge in [-0.25, -0.2) is 9.83 Å². The molecule has 0 atom stereocenters. The van der Waals surface area contributed by atoms with E-state index in [9.17, 15) is 4.79 Å². The second-order valence-corrected chi connectivity index (χ2v) is 4.58. The molecule has 1 amide bonds. The number of aromatic nitrogens is 3. The zero-order valence-corrected chi connectivity index (χ0v) is 11.3. The summed E-state index contributed by atoms with van der Waals surface area (Å²) in [5.41, 5.74) is 18.8. The van der Waals surface area contributed by atoms with Crippen molar-refractivity contribution in [3.63, 3.8) is 0 Å². The lowest BCUT2D eigenvalue weighted by atomic mass is 10.1. The van der Waals surface area contributed by atoms with Crippen LogP contribution < -0.4 is 17.2 Å². The molecule has 6 N–H and O–H groups in total. The van der Waals surface area contributed by atoms with Crippen LogP contribution in [0.25, 0.3) is 21.9 Å². The Morgan fingerprint density at radius 2 is 1.86 bits per heavy atom. The van der Waals surface area contributed by atoms with Crippen molar-refractivity contribution in [2.75, 3.05) is 11.5 Å². The molecule has 3 rings (SSSR count). The number of hydrogen-bond donors (Lipinski definition) is 3. The molecule has 1 aromatic carbocycles. The Morgan fingerprint density at radius 1 is 1.18 bits per heavy atom. The van der Waals surface area contributed by atoms with Crippen LogP contribution in [0.1, 0.15) is 10.4 Å². The van der Waals surface area contributed by atoms with Crippen LogP contribution in [0.4, 0.5) is 17.3 Å². The number of rotatable bonds is 2. The summed E-state index contributed by atoms with van der Waals surface area (Å²) < 4.78 is 1.45. The van der Waals surface area contributed by atoms with Crippen LogP contribution in [-0.4, -0.2) is 20.3 Å². The van der Waals surface area contributed by atoms with Gasteiger partial charge in [-0.3, -0.25) is 9.20 Å². The van der Waals surface area contributed by atoms with Crippen LogP contribution in [0, 0.1) is 6.57 Å². The highest BCUT2D eigenvalue weighted by Gasteiger charge is 2.16. The van der Waals surface area contributed by atoms with E-state index in [0.717, 1.165) is 5.56 Å². The SMILES string of the molecule is [C-]#[N+]c1ccc(-c2nc3nc(N)c(C(N)=O)cn3c2N)cc1. The van der Waals surface area contributed by atoms with E-state index in [1.54, 1.807) is 24.3 Å². The zero-order valence-electron chi connectivity index (χ0n) is 11.3. The average molecular weight is 293 g/mol. The van der Waals surface area contributed by atoms with Gasteiger partial charge in [0, 0.05) is 11.8 Å². The molecule has 0 spiro atoms. The van der Waals surface area contributed by atoms with Crippen molar-refractivity contribution in [2.45, 2.75) is 0 Å². The normalized spacial score (nSPS) is 10.5. The van der Waals surface area contributed by atoms with Crippen LogP contribution in [0.2, 0.25) is 0 Å². The molecule has 2 heterocycles. The number of benzene rings is 1. The Kier molecular flexibility index (Phi) is 2.89. The number of hydrogen-bond acceptors (Lipinski definition) is 5. The van der Waals surface area contributed by atoms with Crippen LogP contribution in [-0.2, 0) is 0 Å². The molecule has 0 aliphatic rings. The summed E-state index contributed by atoms with van der Waals surface area (Å²) in [5, 5.41) is 0. The molecule has 0 fully saturated rings. The van der Waals surface area contributed by atoms with E-state index in [1.165, 1.54) is 10.6 Å². The van der Waals surface area contributed by atoms with E-state index in [2.05, 4.69) is 14.8 Å². The van der Waals surface area contributed by atoms with Gasteiger partial charge in [-0.05, 0) is 0 Å². The highest BCUT2D eigenvalue weighted by Crippen LogP contribution is 2.28. The van der Waals surface area contributed by atoms with Gasteiger partial charge in [0.25, 0.3) is 5.91 Å². The van der Waals surface area contributed by atoms with E-state index in [-0.39, 0.29) is 17.2 Å². The maximum atomic E-state index is 11.3. The summed E-state index contributed by atoms with van der Waals surface area (Å²) in [6.07, 6.45) is 1.42. The minimum Gasteiger partial charge on any atom is -0.383 e. The van der Waals surface area contributed by atoms with E-state index in [1.807, 2.05) is 0 Å². The summed E-state index contributed by atoms with van der Waals surface area (Å²) in [5.74, 6) is -0.118. The lowest BCUT2D eigenvalue weighted by Crippen LogP contribution is -2.16. The van der Waals surface area contributed by atoms with E-state index >= 15 is 0 Å². The van der Waals surface area contributed by atoms with Crippen molar-refractivity contribution < 1.29 is 4.79 Å². The van der Waals surface area contributed by atoms with Crippen LogP contribution in [0.5, 0.6) is 0 Å². The maximum absolute atomic E-state index is 11.3. The van der Waals surface area contributed by atoms with Crippen molar-refractivity contribution in [2.24, 2.45) is 5.73 Å². The van der Waals surface area contributed by atoms with E-state index in [4.69, 9.17) is 23.8 Å². The second-order valence-electron chi connectivity index (χ2n) is 4.58. The molecule has 8 nitrogen and oxygen atoms in total. The predicted octanol–water partition coefficient (Wildman–Crippen LogP) is 1.21. The molecular formula is C14H11N7O. The van der Waals surface area contributed by atoms with E-state index < -0.39 is 5.91 Å². The van der Waals surface area contributed by atoms with Gasteiger partial charge in [0.2, 0.25) is 5.78 Å². The van der Waals surface area contributed by atoms with Gasteiger partial charge in [-0.2, -0.15) is 4.98 Å². The molecule has 0 saturated heterocycles. The monoisotopic (exact) mass is 293 g/mol. The van der Waals surface area contributed by atoms with Gasteiger partial charge in [0.05, 0.1) is 12.1 Å². The topological polar surface area (TPSA) is 130 Å². The summed E-state index contributed by atoms with van der Waals surface area (Å²) in [4.78, 5) is 23.0. The molecule has 2 aromatic heterocycles. The number of nitrogen functional groups attached to an aromatic ring is 2. The van der Waals surface area contributed by atoms with Crippen molar-refractivity contribution in [3.8, 4) is 11.3 Å². The predicted molar refractivity (Wildman–Crippen MR) is 82.0 cm³/mol. The van der Waals surface area contributed by atoms with Crippen LogP contribution in [0.15, 0.2) is 30.5 Å². The van der Waals surface area contributed by atoms with E-state index in [0.29, 0.717) is 17.2 Å². The number of imidazole rings is 1. The van der Waals surface area contributed by atoms with Gasteiger partial charge in [-0.1, -0.05) is 24.3 Å². The number of primary amides is 1. The van der Waals surface area contributed by atoms with Crippen molar-refractivity contribution in [1.82, 2.24) is 14.4 Å². The first kappa shape index (κ1) is 13.4. The molecule has 0 radical (unpaired) electrons. The molecule has 8 heteroatoms. The van der Waals surface area contributed by atoms with Crippen molar-refractivity contribution in [3.05, 3.63) is 47.4 Å². The Bertz CT molecular complexity index is 934. The van der Waals surface area contributed by atoms with Gasteiger partial charge in [-0.15, -0.1) is 0 Å². The fourth-order valence-electron chi connectivity index (χ4n) is 2.10. The minimum atomic E-state index is -0.692. The second kappa shape index (κ2) is 4.75. The molecule has 0 unspecified atom stereocenters. The van der Waals surface area contributed by atoms with Gasteiger partial charge >= 0.3 is 0 Å². The Morgan fingerprint density at radius 3 is 2.45 bits per heavy atom. The van der Waals surface area contributed by atoms with Crippen molar-refractivity contribution in [1.29, 1.82) is 0 Å². The number of carbonyl (C=O) groups is 1. The number of fused-ring (bicyclic) bond motifs is 1. The van der Waals surface area contributed by atoms with Crippen LogP contribution in [0.3, 0.4) is 0 Å². The highest BCUT2D eigenvalue weighted by atomic mass is 16.1. The summed E-state index contributed by atoms with van der Waals surface area (Å²) in [7, 11) is 0. The molecule has 0 saturated carbocycles. The Balaban J connectivity index is 2.21. The quantitative estimate of drug-likeness (QED) is 0.611. The highest BCUT2D eigenvalue weighted by molar-refractivity contribution is 5.97. The molecule has 22 heavy (non-hydrogen) atoms. The largest absolute Gasteiger partial charge is 0.383 e. The summed E-state index contributed by atoms with van der Waals surface area (Å²) in [6.45, 7) is 6.95. The lowest BCUT2D eigenvalue weighted by molar-refractivity contribution is 0.100. The number of anilines is 2. The summed E-state index contributed by atoms with van der Waals surface area (Å²) >= 11 is 0. The third kappa shape index (κ3) is 1.97. The molecular weight excluding hydrogens is 282 g/mol. The standard InChI is InChI=1S/C14H11N7O/c1-18-8-4-2-7(3-5-8)10-12(16)21-6-9(13(17)22)11(15)20-14(21)19-10/h2-6H,16H2,(H2,17,22)(H2,15,19,20). The molecule has 0 aliphatic carbocycles. The van der Waals surface area contributed by atoms with Gasteiger partial charge in [0.1, 0.15) is 17.3 Å². The maximum Gasteiger partial charge on any atom is 0.253 e. The first-order chi connectivity index (χ1) is 10.5. The van der Waals surface area contributed by atoms with Crippen molar-refractivity contribution >= 4 is 29.0 Å². The third-order valence-corrected chi connectivity index (χ3v) is 3.22. The molecule has 3 aromatic rings.